The average molecular weight is 233 g/mol. The van der Waals surface area contributed by atoms with Crippen molar-refractivity contribution in [3.63, 3.8) is 0 Å². The lowest BCUT2D eigenvalue weighted by molar-refractivity contribution is -0.160. The highest BCUT2D eigenvalue weighted by Crippen LogP contribution is 2.48. The summed E-state index contributed by atoms with van der Waals surface area (Å²) in [6.45, 7) is 2.03. The summed E-state index contributed by atoms with van der Waals surface area (Å²) in [5.74, 6) is 0.402. The molecule has 2 heterocycles. The van der Waals surface area contributed by atoms with E-state index in [1.54, 1.807) is 0 Å². The Morgan fingerprint density at radius 3 is 2.88 bits per heavy atom. The summed E-state index contributed by atoms with van der Waals surface area (Å²) in [4.78, 5) is 2.33. The van der Waals surface area contributed by atoms with E-state index in [1.165, 1.54) is 5.56 Å². The van der Waals surface area contributed by atoms with Crippen molar-refractivity contribution >= 4 is 0 Å². The van der Waals surface area contributed by atoms with Gasteiger partial charge >= 0.3 is 0 Å². The molecule has 92 valence electrons. The van der Waals surface area contributed by atoms with Crippen molar-refractivity contribution in [2.24, 2.45) is 5.92 Å². The Hall–Kier alpha value is -0.900. The minimum Gasteiger partial charge on any atom is -0.368 e. The third-order valence-electron chi connectivity index (χ3n) is 4.15. The monoisotopic (exact) mass is 233 g/mol. The molecule has 0 radical (unpaired) electrons. The van der Waals surface area contributed by atoms with E-state index in [0.29, 0.717) is 5.92 Å². The lowest BCUT2D eigenvalue weighted by Crippen LogP contribution is -2.46. The molecule has 0 saturated carbocycles. The van der Waals surface area contributed by atoms with E-state index in [-0.39, 0.29) is 5.60 Å². The number of piperidine rings is 1. The van der Waals surface area contributed by atoms with Crippen LogP contribution in [0.1, 0.15) is 18.4 Å². The van der Waals surface area contributed by atoms with Gasteiger partial charge < -0.3 is 14.7 Å². The third-order valence-corrected chi connectivity index (χ3v) is 4.15. The molecule has 2 saturated heterocycles. The van der Waals surface area contributed by atoms with Crippen LogP contribution in [0, 0.1) is 5.92 Å². The molecule has 0 aromatic heterocycles. The van der Waals surface area contributed by atoms with Gasteiger partial charge in [0, 0.05) is 25.4 Å². The first kappa shape index (κ1) is 11.2. The van der Waals surface area contributed by atoms with Gasteiger partial charge in [0.15, 0.2) is 6.29 Å². The number of nitrogens with zero attached hydrogens (tertiary/aromatic N) is 1. The van der Waals surface area contributed by atoms with Gasteiger partial charge in [0.1, 0.15) is 5.60 Å². The molecule has 3 heteroatoms. The number of rotatable bonds is 1. The molecule has 2 aliphatic heterocycles. The second kappa shape index (κ2) is 4.09. The fraction of sp³-hybridized carbons (Fsp3) is 0.571. The maximum absolute atomic E-state index is 9.83. The van der Waals surface area contributed by atoms with Gasteiger partial charge in [-0.15, -0.1) is 0 Å². The summed E-state index contributed by atoms with van der Waals surface area (Å²) in [5.41, 5.74) is 0.961. The summed E-state index contributed by atoms with van der Waals surface area (Å²) in [5, 5.41) is 9.83. The number of hydrogen-bond acceptors (Lipinski definition) is 3. The Balaban J connectivity index is 1.98. The summed E-state index contributed by atoms with van der Waals surface area (Å²) in [6, 6.07) is 10.4. The first-order chi connectivity index (χ1) is 8.21. The molecule has 3 nitrogen and oxygen atoms in total. The van der Waals surface area contributed by atoms with Crippen LogP contribution in [0.15, 0.2) is 30.3 Å². The van der Waals surface area contributed by atoms with Gasteiger partial charge in [0.2, 0.25) is 0 Å². The smallest absolute Gasteiger partial charge is 0.156 e. The molecule has 1 N–H and O–H groups in total. The molecule has 0 amide bonds. The highest BCUT2D eigenvalue weighted by molar-refractivity contribution is 5.26. The number of aliphatic hydroxyl groups excluding tert-OH is 1. The van der Waals surface area contributed by atoms with Crippen molar-refractivity contribution < 1.29 is 9.84 Å². The van der Waals surface area contributed by atoms with Crippen molar-refractivity contribution in [1.82, 2.24) is 4.90 Å². The quantitative estimate of drug-likeness (QED) is 0.799. The van der Waals surface area contributed by atoms with Crippen molar-refractivity contribution in [3.05, 3.63) is 35.9 Å². The molecule has 1 aromatic rings. The standard InChI is InChI=1S/C14H19NO2/c1-15-8-7-14(11-5-3-2-4-6-11)12(10-15)9-13(16)17-14/h2-6,12-13,16H,7-10H2,1H3/t12-,13-,14+/m0/s1. The zero-order valence-electron chi connectivity index (χ0n) is 10.2. The van der Waals surface area contributed by atoms with Crippen LogP contribution < -0.4 is 0 Å². The molecule has 3 rings (SSSR count). The normalized spacial score (nSPS) is 38.0. The van der Waals surface area contributed by atoms with E-state index in [4.69, 9.17) is 4.74 Å². The zero-order valence-corrected chi connectivity index (χ0v) is 10.2. The molecule has 1 aromatic carbocycles. The Bertz CT molecular complexity index is 394. The molecule has 2 fully saturated rings. The topological polar surface area (TPSA) is 32.7 Å². The first-order valence-electron chi connectivity index (χ1n) is 6.31. The minimum atomic E-state index is -0.605. The van der Waals surface area contributed by atoms with Crippen LogP contribution in [0.4, 0.5) is 0 Å². The maximum Gasteiger partial charge on any atom is 0.156 e. The van der Waals surface area contributed by atoms with Crippen LogP contribution >= 0.6 is 0 Å². The number of likely N-dealkylation sites (tertiary alicyclic amines) is 1. The van der Waals surface area contributed by atoms with Crippen molar-refractivity contribution in [3.8, 4) is 0 Å². The largest absolute Gasteiger partial charge is 0.368 e. The SMILES string of the molecule is CN1CC[C@]2(c3ccccc3)O[C@H](O)C[C@H]2C1. The predicted octanol–water partition coefficient (Wildman–Crippen LogP) is 1.57. The minimum absolute atomic E-state index is 0.257. The Labute approximate surface area is 102 Å². The molecular weight excluding hydrogens is 214 g/mol. The number of ether oxygens (including phenoxy) is 1. The van der Waals surface area contributed by atoms with Crippen molar-refractivity contribution in [1.29, 1.82) is 0 Å². The third kappa shape index (κ3) is 1.79. The molecule has 0 bridgehead atoms. The lowest BCUT2D eigenvalue weighted by Gasteiger charge is -2.42. The van der Waals surface area contributed by atoms with Crippen molar-refractivity contribution in [2.75, 3.05) is 20.1 Å². The van der Waals surface area contributed by atoms with Gasteiger partial charge in [-0.1, -0.05) is 30.3 Å². The van der Waals surface area contributed by atoms with Crippen LogP contribution in [-0.2, 0) is 10.3 Å². The highest BCUT2D eigenvalue weighted by Gasteiger charge is 2.51. The molecule has 17 heavy (non-hydrogen) atoms. The Morgan fingerprint density at radius 2 is 2.12 bits per heavy atom. The van der Waals surface area contributed by atoms with E-state index in [9.17, 15) is 5.11 Å². The number of aliphatic hydroxyl groups is 1. The predicted molar refractivity (Wildman–Crippen MR) is 65.4 cm³/mol. The second-order valence-corrected chi connectivity index (χ2v) is 5.27. The van der Waals surface area contributed by atoms with Gasteiger partial charge in [-0.2, -0.15) is 0 Å². The maximum atomic E-state index is 9.83. The summed E-state index contributed by atoms with van der Waals surface area (Å²) < 4.78 is 5.92. The van der Waals surface area contributed by atoms with Gasteiger partial charge in [0.25, 0.3) is 0 Å². The summed E-state index contributed by atoms with van der Waals surface area (Å²) >= 11 is 0. The van der Waals surface area contributed by atoms with E-state index < -0.39 is 6.29 Å². The Kier molecular flexibility index (Phi) is 2.69. The molecular formula is C14H19NO2. The molecule has 0 aliphatic carbocycles. The average Bonchev–Trinajstić information content (AvgIpc) is 2.67. The summed E-state index contributed by atoms with van der Waals surface area (Å²) in [7, 11) is 2.14. The lowest BCUT2D eigenvalue weighted by atomic mass is 9.76. The van der Waals surface area contributed by atoms with E-state index in [0.717, 1.165) is 25.9 Å². The van der Waals surface area contributed by atoms with Gasteiger partial charge in [-0.05, 0) is 19.0 Å². The van der Waals surface area contributed by atoms with Gasteiger partial charge in [0.05, 0.1) is 0 Å². The summed E-state index contributed by atoms with van der Waals surface area (Å²) in [6.07, 6.45) is 1.11. The van der Waals surface area contributed by atoms with Crippen molar-refractivity contribution in [2.45, 2.75) is 24.7 Å². The highest BCUT2D eigenvalue weighted by atomic mass is 16.6. The molecule has 0 unspecified atom stereocenters. The van der Waals surface area contributed by atoms with Crippen LogP contribution in [0.3, 0.4) is 0 Å². The van der Waals surface area contributed by atoms with E-state index in [2.05, 4.69) is 24.1 Å². The Morgan fingerprint density at radius 1 is 1.35 bits per heavy atom. The van der Waals surface area contributed by atoms with E-state index in [1.807, 2.05) is 18.2 Å². The number of hydrogen-bond donors (Lipinski definition) is 1. The fourth-order valence-electron chi connectivity index (χ4n) is 3.30. The van der Waals surface area contributed by atoms with Crippen LogP contribution in [0.2, 0.25) is 0 Å². The van der Waals surface area contributed by atoms with Gasteiger partial charge in [-0.25, -0.2) is 0 Å². The second-order valence-electron chi connectivity index (χ2n) is 5.27. The number of benzene rings is 1. The number of fused-ring (bicyclic) bond motifs is 1. The molecule has 2 aliphatic rings. The first-order valence-corrected chi connectivity index (χ1v) is 6.31. The molecule has 0 spiro atoms. The van der Waals surface area contributed by atoms with Gasteiger partial charge in [-0.3, -0.25) is 0 Å². The van der Waals surface area contributed by atoms with Crippen LogP contribution in [0.5, 0.6) is 0 Å². The zero-order chi connectivity index (χ0) is 11.9. The fourth-order valence-corrected chi connectivity index (χ4v) is 3.30. The van der Waals surface area contributed by atoms with Crippen LogP contribution in [-0.4, -0.2) is 36.4 Å². The molecule has 3 atom stereocenters. The van der Waals surface area contributed by atoms with E-state index >= 15 is 0 Å². The van der Waals surface area contributed by atoms with Crippen LogP contribution in [0.25, 0.3) is 0 Å².